The van der Waals surface area contributed by atoms with Crippen LogP contribution in [0.2, 0.25) is 0 Å². The molecule has 0 heterocycles. The van der Waals surface area contributed by atoms with Gasteiger partial charge in [0.25, 0.3) is 0 Å². The number of hydrogen-bond donors (Lipinski definition) is 0. The third kappa shape index (κ3) is 3.47. The zero-order chi connectivity index (χ0) is 15.9. The zero-order valence-electron chi connectivity index (χ0n) is 12.2. The van der Waals surface area contributed by atoms with Crippen molar-refractivity contribution in [3.05, 3.63) is 65.2 Å². The van der Waals surface area contributed by atoms with Gasteiger partial charge in [-0.15, -0.1) is 0 Å². The Morgan fingerprint density at radius 1 is 1.00 bits per heavy atom. The molecule has 2 aromatic rings. The fourth-order valence-corrected chi connectivity index (χ4v) is 2.07. The van der Waals surface area contributed by atoms with E-state index in [0.717, 1.165) is 0 Å². The summed E-state index contributed by atoms with van der Waals surface area (Å²) in [7, 11) is 0. The van der Waals surface area contributed by atoms with Gasteiger partial charge < -0.3 is 4.74 Å². The molecule has 2 aromatic carbocycles. The van der Waals surface area contributed by atoms with Crippen molar-refractivity contribution in [2.75, 3.05) is 0 Å². The van der Waals surface area contributed by atoms with Crippen LogP contribution in [0.25, 0.3) is 0 Å². The Balaban J connectivity index is 2.38. The minimum absolute atomic E-state index is 0.214. The smallest absolute Gasteiger partial charge is 0.311 e. The number of benzene rings is 2. The molecule has 0 aromatic heterocycles. The van der Waals surface area contributed by atoms with E-state index in [2.05, 4.69) is 0 Å². The Bertz CT molecular complexity index is 704. The van der Waals surface area contributed by atoms with Crippen LogP contribution in [-0.2, 0) is 4.79 Å². The third-order valence-electron chi connectivity index (χ3n) is 3.14. The van der Waals surface area contributed by atoms with Crippen molar-refractivity contribution in [1.82, 2.24) is 0 Å². The fraction of sp³-hybridized carbons (Fsp3) is 0.167. The Labute approximate surface area is 128 Å². The summed E-state index contributed by atoms with van der Waals surface area (Å²) in [5.41, 5.74) is 0.861. The highest BCUT2D eigenvalue weighted by Crippen LogP contribution is 2.23. The molecule has 0 fully saturated rings. The average Bonchev–Trinajstić information content (AvgIpc) is 2.55. The lowest BCUT2D eigenvalue weighted by molar-refractivity contribution is -0.134. The molecule has 4 nitrogen and oxygen atoms in total. The molecule has 0 spiro atoms. The van der Waals surface area contributed by atoms with Gasteiger partial charge in [-0.25, -0.2) is 0 Å². The van der Waals surface area contributed by atoms with Crippen molar-refractivity contribution in [3.63, 3.8) is 0 Å². The molecule has 0 aliphatic heterocycles. The van der Waals surface area contributed by atoms with E-state index in [1.807, 2.05) is 6.92 Å². The van der Waals surface area contributed by atoms with E-state index in [1.165, 1.54) is 0 Å². The monoisotopic (exact) mass is 296 g/mol. The molecule has 22 heavy (non-hydrogen) atoms. The van der Waals surface area contributed by atoms with Crippen LogP contribution >= 0.6 is 0 Å². The van der Waals surface area contributed by atoms with Gasteiger partial charge in [-0.2, -0.15) is 0 Å². The lowest BCUT2D eigenvalue weighted by Gasteiger charge is -2.10. The van der Waals surface area contributed by atoms with Gasteiger partial charge in [-0.3, -0.25) is 14.4 Å². The molecule has 4 heteroatoms. The maximum atomic E-state index is 12.6. The van der Waals surface area contributed by atoms with Crippen molar-refractivity contribution in [3.8, 4) is 5.75 Å². The summed E-state index contributed by atoms with van der Waals surface area (Å²) in [6, 6.07) is 13.1. The second-order valence-corrected chi connectivity index (χ2v) is 4.75. The van der Waals surface area contributed by atoms with Crippen LogP contribution in [0.4, 0.5) is 0 Å². The molecule has 0 N–H and O–H groups in total. The van der Waals surface area contributed by atoms with Crippen LogP contribution < -0.4 is 4.74 Å². The molecule has 0 aliphatic carbocycles. The molecule has 0 bridgehead atoms. The maximum Gasteiger partial charge on any atom is 0.311 e. The van der Waals surface area contributed by atoms with Crippen LogP contribution in [0.15, 0.2) is 48.5 Å². The standard InChI is InChI=1S/C18H16O4/c1-2-7-17(20)22-16-11-6-5-10-15(16)18(21)14-9-4-3-8-13(14)12-19/h3-6,8-12H,2,7H2,1H3. The van der Waals surface area contributed by atoms with E-state index in [0.29, 0.717) is 18.3 Å². The van der Waals surface area contributed by atoms with Crippen LogP contribution in [0, 0.1) is 0 Å². The number of para-hydroxylation sites is 1. The summed E-state index contributed by atoms with van der Waals surface area (Å²) < 4.78 is 5.25. The first-order chi connectivity index (χ1) is 10.7. The van der Waals surface area contributed by atoms with Crippen molar-refractivity contribution in [1.29, 1.82) is 0 Å². The number of hydrogen-bond acceptors (Lipinski definition) is 4. The summed E-state index contributed by atoms with van der Waals surface area (Å²) in [6.07, 6.45) is 1.59. The number of carbonyl (C=O) groups excluding carboxylic acids is 3. The van der Waals surface area contributed by atoms with Crippen LogP contribution in [0.5, 0.6) is 5.75 Å². The van der Waals surface area contributed by atoms with Gasteiger partial charge in [0.15, 0.2) is 12.1 Å². The van der Waals surface area contributed by atoms with Crippen molar-refractivity contribution in [2.45, 2.75) is 19.8 Å². The highest BCUT2D eigenvalue weighted by atomic mass is 16.5. The number of rotatable bonds is 6. The zero-order valence-corrected chi connectivity index (χ0v) is 12.2. The highest BCUT2D eigenvalue weighted by molar-refractivity contribution is 6.14. The molecule has 0 atom stereocenters. The van der Waals surface area contributed by atoms with Gasteiger partial charge in [-0.05, 0) is 18.6 Å². The minimum atomic E-state index is -0.383. The Kier molecular flexibility index (Phi) is 5.20. The van der Waals surface area contributed by atoms with Crippen molar-refractivity contribution >= 4 is 18.0 Å². The summed E-state index contributed by atoms with van der Waals surface area (Å²) in [6.45, 7) is 1.87. The van der Waals surface area contributed by atoms with Crippen molar-refractivity contribution in [2.24, 2.45) is 0 Å². The van der Waals surface area contributed by atoms with E-state index in [4.69, 9.17) is 4.74 Å². The van der Waals surface area contributed by atoms with Gasteiger partial charge in [0.05, 0.1) is 5.56 Å². The van der Waals surface area contributed by atoms with Gasteiger partial charge in [-0.1, -0.05) is 43.3 Å². The van der Waals surface area contributed by atoms with Crippen molar-refractivity contribution < 1.29 is 19.1 Å². The first-order valence-electron chi connectivity index (χ1n) is 7.06. The largest absolute Gasteiger partial charge is 0.426 e. The van der Waals surface area contributed by atoms with Crippen LogP contribution in [0.3, 0.4) is 0 Å². The molecule has 0 saturated heterocycles. The van der Waals surface area contributed by atoms with Gasteiger partial charge in [0, 0.05) is 17.5 Å². The quantitative estimate of drug-likeness (QED) is 0.354. The molecule has 0 aliphatic rings. The average molecular weight is 296 g/mol. The third-order valence-corrected chi connectivity index (χ3v) is 3.14. The van der Waals surface area contributed by atoms with E-state index in [-0.39, 0.29) is 35.0 Å². The maximum absolute atomic E-state index is 12.6. The highest BCUT2D eigenvalue weighted by Gasteiger charge is 2.18. The number of carbonyl (C=O) groups is 3. The van der Waals surface area contributed by atoms with Gasteiger partial charge >= 0.3 is 5.97 Å². The predicted octanol–water partition coefficient (Wildman–Crippen LogP) is 3.44. The summed E-state index contributed by atoms with van der Waals surface area (Å²) in [4.78, 5) is 35.4. The lowest BCUT2D eigenvalue weighted by atomic mass is 9.98. The summed E-state index contributed by atoms with van der Waals surface area (Å²) in [5.74, 6) is -0.513. The number of esters is 1. The van der Waals surface area contributed by atoms with Gasteiger partial charge in [0.2, 0.25) is 0 Å². The van der Waals surface area contributed by atoms with E-state index >= 15 is 0 Å². The Morgan fingerprint density at radius 3 is 2.32 bits per heavy atom. The molecule has 0 unspecified atom stereocenters. The predicted molar refractivity (Wildman–Crippen MR) is 82.2 cm³/mol. The number of ether oxygens (including phenoxy) is 1. The SMILES string of the molecule is CCCC(=O)Oc1ccccc1C(=O)c1ccccc1C=O. The molecule has 112 valence electrons. The molecular formula is C18H16O4. The van der Waals surface area contributed by atoms with Gasteiger partial charge in [0.1, 0.15) is 5.75 Å². The second-order valence-electron chi connectivity index (χ2n) is 4.75. The van der Waals surface area contributed by atoms with Crippen LogP contribution in [0.1, 0.15) is 46.0 Å². The Morgan fingerprint density at radius 2 is 1.64 bits per heavy atom. The topological polar surface area (TPSA) is 60.4 Å². The number of aldehydes is 1. The minimum Gasteiger partial charge on any atom is -0.426 e. The normalized spacial score (nSPS) is 10.0. The molecule has 0 radical (unpaired) electrons. The molecule has 0 amide bonds. The second kappa shape index (κ2) is 7.31. The molecule has 0 saturated carbocycles. The fourth-order valence-electron chi connectivity index (χ4n) is 2.07. The van der Waals surface area contributed by atoms with E-state index < -0.39 is 0 Å². The summed E-state index contributed by atoms with van der Waals surface area (Å²) >= 11 is 0. The first kappa shape index (κ1) is 15.6. The lowest BCUT2D eigenvalue weighted by Crippen LogP contribution is -2.12. The summed E-state index contributed by atoms with van der Waals surface area (Å²) in [5, 5.41) is 0. The Hall–Kier alpha value is -2.75. The van der Waals surface area contributed by atoms with E-state index in [9.17, 15) is 14.4 Å². The molecular weight excluding hydrogens is 280 g/mol. The molecule has 2 rings (SSSR count). The first-order valence-corrected chi connectivity index (χ1v) is 7.06. The van der Waals surface area contributed by atoms with Crippen LogP contribution in [-0.4, -0.2) is 18.0 Å². The number of ketones is 1. The van der Waals surface area contributed by atoms with E-state index in [1.54, 1.807) is 48.5 Å².